The van der Waals surface area contributed by atoms with Crippen LogP contribution in [0.15, 0.2) is 60.7 Å². The van der Waals surface area contributed by atoms with Crippen LogP contribution in [0, 0.1) is 0 Å². The lowest BCUT2D eigenvalue weighted by Gasteiger charge is -2.25. The van der Waals surface area contributed by atoms with Crippen molar-refractivity contribution in [3.05, 3.63) is 82.0 Å². The molecule has 0 radical (unpaired) electrons. The number of amides is 2. The summed E-state index contributed by atoms with van der Waals surface area (Å²) in [7, 11) is 0. The van der Waals surface area contributed by atoms with Gasteiger partial charge in [0.05, 0.1) is 21.4 Å². The third kappa shape index (κ3) is 6.96. The SMILES string of the molecule is CC(C)N(CC(=O)Nc1cc(C(C)(C)C)nn1-c1ccc(Cl)c(Cl)c1)C(=O)/C=C/c1ccccc1. The van der Waals surface area contributed by atoms with E-state index in [0.29, 0.717) is 21.6 Å². The average Bonchev–Trinajstić information content (AvgIpc) is 3.22. The predicted molar refractivity (Wildman–Crippen MR) is 143 cm³/mol. The molecule has 1 N–H and O–H groups in total. The van der Waals surface area contributed by atoms with Gasteiger partial charge < -0.3 is 10.2 Å². The smallest absolute Gasteiger partial charge is 0.247 e. The zero-order valence-electron chi connectivity index (χ0n) is 20.5. The fourth-order valence-electron chi connectivity index (χ4n) is 3.33. The lowest BCUT2D eigenvalue weighted by molar-refractivity contribution is -0.132. The van der Waals surface area contributed by atoms with E-state index in [0.717, 1.165) is 11.3 Å². The largest absolute Gasteiger partial charge is 0.327 e. The molecule has 0 saturated heterocycles. The Labute approximate surface area is 216 Å². The molecule has 1 aromatic heterocycles. The summed E-state index contributed by atoms with van der Waals surface area (Å²) in [4.78, 5) is 27.4. The topological polar surface area (TPSA) is 67.2 Å². The van der Waals surface area contributed by atoms with Crippen LogP contribution in [0.3, 0.4) is 0 Å². The number of hydrogen-bond donors (Lipinski definition) is 1. The fraction of sp³-hybridized carbons (Fsp3) is 0.296. The van der Waals surface area contributed by atoms with E-state index in [-0.39, 0.29) is 29.8 Å². The molecule has 8 heteroatoms. The summed E-state index contributed by atoms with van der Waals surface area (Å²) in [6.45, 7) is 9.76. The number of hydrogen-bond acceptors (Lipinski definition) is 3. The van der Waals surface area contributed by atoms with Gasteiger partial charge in [0.2, 0.25) is 11.8 Å². The standard InChI is InChI=1S/C27H30Cl2N4O2/c1-18(2)32(26(35)14-11-19-9-7-6-8-10-19)17-25(34)30-24-16-23(27(3,4)5)31-33(24)20-12-13-21(28)22(29)15-20/h6-16,18H,17H2,1-5H3,(H,30,34)/b14-11+. The van der Waals surface area contributed by atoms with Crippen LogP contribution in [0.1, 0.15) is 45.9 Å². The second-order valence-corrected chi connectivity index (χ2v) is 10.3. The molecule has 0 fully saturated rings. The van der Waals surface area contributed by atoms with Crippen molar-refractivity contribution < 1.29 is 9.59 Å². The minimum absolute atomic E-state index is 0.104. The van der Waals surface area contributed by atoms with Gasteiger partial charge in [-0.1, -0.05) is 74.3 Å². The monoisotopic (exact) mass is 512 g/mol. The van der Waals surface area contributed by atoms with Crippen LogP contribution in [-0.2, 0) is 15.0 Å². The molecule has 3 aromatic rings. The van der Waals surface area contributed by atoms with Crippen LogP contribution < -0.4 is 5.32 Å². The summed E-state index contributed by atoms with van der Waals surface area (Å²) < 4.78 is 1.62. The predicted octanol–water partition coefficient (Wildman–Crippen LogP) is 6.37. The first-order chi connectivity index (χ1) is 16.5. The third-order valence-corrected chi connectivity index (χ3v) is 6.07. The van der Waals surface area contributed by atoms with Crippen molar-refractivity contribution in [2.75, 3.05) is 11.9 Å². The summed E-state index contributed by atoms with van der Waals surface area (Å²) in [5.74, 6) is -0.0940. The highest BCUT2D eigenvalue weighted by Crippen LogP contribution is 2.29. The number of benzene rings is 2. The van der Waals surface area contributed by atoms with E-state index in [2.05, 4.69) is 5.32 Å². The maximum absolute atomic E-state index is 13.1. The molecule has 0 aliphatic heterocycles. The van der Waals surface area contributed by atoms with Gasteiger partial charge in [0.1, 0.15) is 12.4 Å². The molecular formula is C27H30Cl2N4O2. The molecule has 0 saturated carbocycles. The molecule has 6 nitrogen and oxygen atoms in total. The Morgan fingerprint density at radius 2 is 1.74 bits per heavy atom. The maximum Gasteiger partial charge on any atom is 0.247 e. The molecule has 0 aliphatic carbocycles. The Bertz CT molecular complexity index is 1230. The summed E-state index contributed by atoms with van der Waals surface area (Å²) in [5.41, 5.74) is 2.12. The zero-order chi connectivity index (χ0) is 25.8. The second kappa shape index (κ2) is 11.1. The molecule has 3 rings (SSSR count). The van der Waals surface area contributed by atoms with Gasteiger partial charge >= 0.3 is 0 Å². The number of nitrogens with zero attached hydrogens (tertiary/aromatic N) is 3. The lowest BCUT2D eigenvalue weighted by atomic mass is 9.92. The normalized spacial score (nSPS) is 11.8. The van der Waals surface area contributed by atoms with E-state index in [1.807, 2.05) is 71.0 Å². The van der Waals surface area contributed by atoms with Gasteiger partial charge in [0.25, 0.3) is 0 Å². The highest BCUT2D eigenvalue weighted by Gasteiger charge is 2.23. The lowest BCUT2D eigenvalue weighted by Crippen LogP contribution is -2.41. The number of halogens is 2. The van der Waals surface area contributed by atoms with E-state index >= 15 is 0 Å². The summed E-state index contributed by atoms with van der Waals surface area (Å²) in [5, 5.41) is 8.43. The highest BCUT2D eigenvalue weighted by atomic mass is 35.5. The molecule has 0 atom stereocenters. The van der Waals surface area contributed by atoms with E-state index in [1.165, 1.54) is 11.0 Å². The second-order valence-electron chi connectivity index (χ2n) is 9.53. The molecule has 2 amide bonds. The van der Waals surface area contributed by atoms with Crippen LogP contribution in [0.4, 0.5) is 5.82 Å². The summed E-state index contributed by atoms with van der Waals surface area (Å²) in [6.07, 6.45) is 3.23. The summed E-state index contributed by atoms with van der Waals surface area (Å²) >= 11 is 12.3. The van der Waals surface area contributed by atoms with Gasteiger partial charge in [-0.05, 0) is 43.7 Å². The van der Waals surface area contributed by atoms with Crippen molar-refractivity contribution in [2.45, 2.75) is 46.1 Å². The summed E-state index contributed by atoms with van der Waals surface area (Å²) in [6, 6.07) is 16.4. The molecule has 2 aromatic carbocycles. The Morgan fingerprint density at radius 3 is 2.34 bits per heavy atom. The molecule has 0 unspecified atom stereocenters. The van der Waals surface area contributed by atoms with Crippen LogP contribution >= 0.6 is 23.2 Å². The number of rotatable bonds is 7. The number of anilines is 1. The number of nitrogens with one attached hydrogen (secondary N) is 1. The Balaban J connectivity index is 1.83. The van der Waals surface area contributed by atoms with Gasteiger partial charge in [-0.15, -0.1) is 0 Å². The van der Waals surface area contributed by atoms with Crippen molar-refractivity contribution >= 4 is 46.9 Å². The van der Waals surface area contributed by atoms with E-state index in [9.17, 15) is 9.59 Å². The van der Waals surface area contributed by atoms with Crippen molar-refractivity contribution in [3.63, 3.8) is 0 Å². The number of aromatic nitrogens is 2. The Hall–Kier alpha value is -3.09. The van der Waals surface area contributed by atoms with Gasteiger partial charge in [0.15, 0.2) is 0 Å². The molecule has 0 spiro atoms. The van der Waals surface area contributed by atoms with Crippen molar-refractivity contribution in [2.24, 2.45) is 0 Å². The molecular weight excluding hydrogens is 483 g/mol. The highest BCUT2D eigenvalue weighted by molar-refractivity contribution is 6.42. The first kappa shape index (κ1) is 26.5. The van der Waals surface area contributed by atoms with Gasteiger partial charge in [0, 0.05) is 23.6 Å². The van der Waals surface area contributed by atoms with E-state index in [4.69, 9.17) is 28.3 Å². The molecule has 1 heterocycles. The van der Waals surface area contributed by atoms with Crippen LogP contribution in [0.2, 0.25) is 10.0 Å². The number of carbonyl (C=O) groups excluding carboxylic acids is 2. The van der Waals surface area contributed by atoms with E-state index < -0.39 is 0 Å². The van der Waals surface area contributed by atoms with Crippen molar-refractivity contribution in [1.82, 2.24) is 14.7 Å². The first-order valence-corrected chi connectivity index (χ1v) is 12.1. The number of carbonyl (C=O) groups is 2. The van der Waals surface area contributed by atoms with Gasteiger partial charge in [-0.3, -0.25) is 9.59 Å². The Kier molecular flexibility index (Phi) is 8.41. The third-order valence-electron chi connectivity index (χ3n) is 5.33. The van der Waals surface area contributed by atoms with Crippen LogP contribution in [0.5, 0.6) is 0 Å². The maximum atomic E-state index is 13.1. The van der Waals surface area contributed by atoms with Crippen molar-refractivity contribution in [3.8, 4) is 5.69 Å². The molecule has 0 bridgehead atoms. The van der Waals surface area contributed by atoms with Crippen molar-refractivity contribution in [1.29, 1.82) is 0 Å². The minimum atomic E-state index is -0.332. The minimum Gasteiger partial charge on any atom is -0.327 e. The average molecular weight is 513 g/mol. The fourth-order valence-corrected chi connectivity index (χ4v) is 3.62. The van der Waals surface area contributed by atoms with Gasteiger partial charge in [-0.25, -0.2) is 4.68 Å². The van der Waals surface area contributed by atoms with E-state index in [1.54, 1.807) is 29.0 Å². The van der Waals surface area contributed by atoms with Crippen LogP contribution in [-0.4, -0.2) is 39.1 Å². The van der Waals surface area contributed by atoms with Crippen LogP contribution in [0.25, 0.3) is 11.8 Å². The Morgan fingerprint density at radius 1 is 1.06 bits per heavy atom. The molecule has 35 heavy (non-hydrogen) atoms. The molecule has 184 valence electrons. The van der Waals surface area contributed by atoms with Gasteiger partial charge in [-0.2, -0.15) is 5.10 Å². The zero-order valence-corrected chi connectivity index (χ0v) is 22.1. The molecule has 0 aliphatic rings. The first-order valence-electron chi connectivity index (χ1n) is 11.4. The quantitative estimate of drug-likeness (QED) is 0.374.